The van der Waals surface area contributed by atoms with Gasteiger partial charge in [0.05, 0.1) is 6.20 Å². The minimum absolute atomic E-state index is 0.129. The van der Waals surface area contributed by atoms with Gasteiger partial charge in [0, 0.05) is 36.3 Å². The molecule has 0 fully saturated rings. The van der Waals surface area contributed by atoms with Crippen LogP contribution in [0.2, 0.25) is 0 Å². The van der Waals surface area contributed by atoms with Crippen molar-refractivity contribution in [2.75, 3.05) is 10.6 Å². The average Bonchev–Trinajstić information content (AvgIpc) is 3.35. The number of carbonyl (C=O) groups is 1. The summed E-state index contributed by atoms with van der Waals surface area (Å²) in [6.07, 6.45) is 6.86. The standard InChI is InChI=1S/C23H20N6O2/c1-14(30)25-17-4-2-3-16(12-17)22-23(29-10-9-24-13-21(29)27-22)26-18-6-7-19-15(11-18)5-8-20(19)28-31/h2-4,6-7,9-13,20,26H,5,8H2,1H3,(H,25,30). The second kappa shape index (κ2) is 7.64. The number of amides is 1. The van der Waals surface area contributed by atoms with Crippen LogP contribution >= 0.6 is 0 Å². The quantitative estimate of drug-likeness (QED) is 0.456. The summed E-state index contributed by atoms with van der Waals surface area (Å²) < 4.78 is 1.94. The van der Waals surface area contributed by atoms with Crippen molar-refractivity contribution >= 4 is 28.7 Å². The average molecular weight is 412 g/mol. The Balaban J connectivity index is 1.58. The van der Waals surface area contributed by atoms with Crippen molar-refractivity contribution in [3.63, 3.8) is 0 Å². The summed E-state index contributed by atoms with van der Waals surface area (Å²) in [7, 11) is 0. The number of anilines is 3. The van der Waals surface area contributed by atoms with Crippen molar-refractivity contribution < 1.29 is 4.79 Å². The van der Waals surface area contributed by atoms with E-state index in [1.54, 1.807) is 12.4 Å². The van der Waals surface area contributed by atoms with E-state index < -0.39 is 0 Å². The molecule has 0 aliphatic heterocycles. The van der Waals surface area contributed by atoms with Crippen LogP contribution in [-0.2, 0) is 11.2 Å². The van der Waals surface area contributed by atoms with Crippen LogP contribution in [-0.4, -0.2) is 20.3 Å². The summed E-state index contributed by atoms with van der Waals surface area (Å²) in [5.41, 5.74) is 6.07. The lowest BCUT2D eigenvalue weighted by atomic mass is 10.1. The van der Waals surface area contributed by atoms with Crippen LogP contribution in [0.5, 0.6) is 0 Å². The van der Waals surface area contributed by atoms with Crippen molar-refractivity contribution in [1.29, 1.82) is 0 Å². The van der Waals surface area contributed by atoms with E-state index in [1.807, 2.05) is 47.0 Å². The molecule has 0 radical (unpaired) electrons. The van der Waals surface area contributed by atoms with E-state index in [0.29, 0.717) is 11.3 Å². The monoisotopic (exact) mass is 412 g/mol. The summed E-state index contributed by atoms with van der Waals surface area (Å²) in [5, 5.41) is 9.54. The maximum Gasteiger partial charge on any atom is 0.221 e. The Morgan fingerprint density at radius 1 is 1.19 bits per heavy atom. The van der Waals surface area contributed by atoms with Gasteiger partial charge in [-0.15, -0.1) is 0 Å². The Bertz CT molecular complexity index is 1310. The number of aryl methyl sites for hydroxylation is 1. The number of fused-ring (bicyclic) bond motifs is 2. The summed E-state index contributed by atoms with van der Waals surface area (Å²) in [6.45, 7) is 1.48. The number of carbonyl (C=O) groups excluding carboxylic acids is 1. The molecule has 2 heterocycles. The number of nitrogens with zero attached hydrogens (tertiary/aromatic N) is 4. The van der Waals surface area contributed by atoms with Crippen LogP contribution in [0.1, 0.15) is 30.5 Å². The molecule has 2 N–H and O–H groups in total. The molecule has 0 saturated heterocycles. The number of aromatic nitrogens is 3. The minimum atomic E-state index is -0.252. The van der Waals surface area contributed by atoms with E-state index in [-0.39, 0.29) is 11.9 Å². The number of nitroso groups, excluding NO2 is 1. The number of imidazole rings is 1. The van der Waals surface area contributed by atoms with Crippen LogP contribution in [0.15, 0.2) is 66.2 Å². The smallest absolute Gasteiger partial charge is 0.221 e. The second-order valence-corrected chi connectivity index (χ2v) is 7.57. The fraction of sp³-hybridized carbons (Fsp3) is 0.174. The molecule has 1 atom stereocenters. The van der Waals surface area contributed by atoms with Crippen molar-refractivity contribution in [3.05, 3.63) is 77.1 Å². The largest absolute Gasteiger partial charge is 0.339 e. The lowest BCUT2D eigenvalue weighted by Gasteiger charge is -2.11. The molecule has 1 unspecified atom stereocenters. The molecule has 2 aromatic carbocycles. The van der Waals surface area contributed by atoms with Gasteiger partial charge in [-0.2, -0.15) is 4.91 Å². The van der Waals surface area contributed by atoms with Crippen molar-refractivity contribution in [2.45, 2.75) is 25.8 Å². The van der Waals surface area contributed by atoms with Gasteiger partial charge in [0.1, 0.15) is 17.6 Å². The summed E-state index contributed by atoms with van der Waals surface area (Å²) in [4.78, 5) is 31.5. The molecule has 0 spiro atoms. The van der Waals surface area contributed by atoms with Gasteiger partial charge in [0.15, 0.2) is 5.65 Å². The normalized spacial score (nSPS) is 14.9. The Morgan fingerprint density at radius 2 is 2.10 bits per heavy atom. The van der Waals surface area contributed by atoms with Gasteiger partial charge in [0.25, 0.3) is 0 Å². The molecule has 1 amide bonds. The van der Waals surface area contributed by atoms with Gasteiger partial charge in [-0.3, -0.25) is 14.2 Å². The Morgan fingerprint density at radius 3 is 2.94 bits per heavy atom. The van der Waals surface area contributed by atoms with Gasteiger partial charge >= 0.3 is 0 Å². The van der Waals surface area contributed by atoms with Gasteiger partial charge in [-0.25, -0.2) is 4.98 Å². The molecule has 8 heteroatoms. The predicted molar refractivity (Wildman–Crippen MR) is 119 cm³/mol. The first-order valence-corrected chi connectivity index (χ1v) is 10.0. The minimum Gasteiger partial charge on any atom is -0.339 e. The van der Waals surface area contributed by atoms with Crippen LogP contribution in [0.25, 0.3) is 16.9 Å². The van der Waals surface area contributed by atoms with E-state index in [4.69, 9.17) is 4.98 Å². The molecular formula is C23H20N6O2. The molecule has 4 aromatic rings. The third-order valence-corrected chi connectivity index (χ3v) is 5.47. The molecule has 31 heavy (non-hydrogen) atoms. The first-order chi connectivity index (χ1) is 15.1. The van der Waals surface area contributed by atoms with Crippen molar-refractivity contribution in [2.24, 2.45) is 5.18 Å². The van der Waals surface area contributed by atoms with Gasteiger partial charge in [-0.1, -0.05) is 23.4 Å². The van der Waals surface area contributed by atoms with Crippen LogP contribution < -0.4 is 10.6 Å². The number of nitrogens with one attached hydrogen (secondary N) is 2. The molecule has 5 rings (SSSR count). The van der Waals surface area contributed by atoms with Gasteiger partial charge in [-0.05, 0) is 48.2 Å². The Kier molecular flexibility index (Phi) is 4.66. The molecule has 0 saturated carbocycles. The van der Waals surface area contributed by atoms with E-state index in [9.17, 15) is 9.70 Å². The fourth-order valence-corrected chi connectivity index (χ4v) is 4.09. The predicted octanol–water partition coefficient (Wildman–Crippen LogP) is 4.85. The summed E-state index contributed by atoms with van der Waals surface area (Å²) in [5.74, 6) is 0.663. The third kappa shape index (κ3) is 3.52. The highest BCUT2D eigenvalue weighted by Gasteiger charge is 2.23. The zero-order valence-electron chi connectivity index (χ0n) is 16.9. The van der Waals surface area contributed by atoms with E-state index in [0.717, 1.165) is 46.7 Å². The lowest BCUT2D eigenvalue weighted by molar-refractivity contribution is -0.114. The third-order valence-electron chi connectivity index (χ3n) is 5.47. The summed E-state index contributed by atoms with van der Waals surface area (Å²) in [6, 6.07) is 13.3. The highest BCUT2D eigenvalue weighted by molar-refractivity contribution is 5.90. The Labute approximate surface area is 178 Å². The molecule has 154 valence electrons. The van der Waals surface area contributed by atoms with Crippen molar-refractivity contribution in [1.82, 2.24) is 14.4 Å². The van der Waals surface area contributed by atoms with E-state index in [1.165, 1.54) is 6.92 Å². The molecule has 2 aromatic heterocycles. The molecular weight excluding hydrogens is 392 g/mol. The number of hydrogen-bond acceptors (Lipinski definition) is 6. The van der Waals surface area contributed by atoms with E-state index >= 15 is 0 Å². The molecule has 0 bridgehead atoms. The van der Waals surface area contributed by atoms with Crippen LogP contribution in [0, 0.1) is 4.91 Å². The van der Waals surface area contributed by atoms with Gasteiger partial charge in [0.2, 0.25) is 5.91 Å². The topological polar surface area (TPSA) is 101 Å². The number of rotatable bonds is 5. The maximum absolute atomic E-state index is 11.5. The second-order valence-electron chi connectivity index (χ2n) is 7.57. The highest BCUT2D eigenvalue weighted by atomic mass is 16.3. The molecule has 1 aliphatic rings. The first kappa shape index (κ1) is 18.9. The van der Waals surface area contributed by atoms with Crippen molar-refractivity contribution in [3.8, 4) is 11.3 Å². The molecule has 1 aliphatic carbocycles. The molecule has 8 nitrogen and oxygen atoms in total. The fourth-order valence-electron chi connectivity index (χ4n) is 4.09. The first-order valence-electron chi connectivity index (χ1n) is 10.0. The maximum atomic E-state index is 11.5. The Hall–Kier alpha value is -4.07. The summed E-state index contributed by atoms with van der Waals surface area (Å²) >= 11 is 0. The zero-order valence-corrected chi connectivity index (χ0v) is 16.9. The lowest BCUT2D eigenvalue weighted by Crippen LogP contribution is -2.05. The van der Waals surface area contributed by atoms with Gasteiger partial charge < -0.3 is 10.6 Å². The number of benzene rings is 2. The van der Waals surface area contributed by atoms with Crippen LogP contribution in [0.3, 0.4) is 0 Å². The van der Waals surface area contributed by atoms with Crippen LogP contribution in [0.4, 0.5) is 17.2 Å². The number of hydrogen-bond donors (Lipinski definition) is 2. The SMILES string of the molecule is CC(=O)Nc1cccc(-c2nc3cnccn3c2Nc2ccc3c(c2)CCC3N=O)c1. The zero-order chi connectivity index (χ0) is 21.4. The highest BCUT2D eigenvalue weighted by Crippen LogP contribution is 2.37. The van der Waals surface area contributed by atoms with E-state index in [2.05, 4.69) is 26.9 Å².